The van der Waals surface area contributed by atoms with Gasteiger partial charge in [-0.2, -0.15) is 0 Å². The normalized spacial score (nSPS) is 12.9. The molecule has 0 bridgehead atoms. The van der Waals surface area contributed by atoms with Crippen molar-refractivity contribution in [2.45, 2.75) is 11.0 Å². The Morgan fingerprint density at radius 3 is 2.42 bits per heavy atom. The van der Waals surface area contributed by atoms with Crippen molar-refractivity contribution in [2.24, 2.45) is 5.73 Å². The second-order valence-electron chi connectivity index (χ2n) is 2.52. The van der Waals surface area contributed by atoms with E-state index >= 15 is 0 Å². The van der Waals surface area contributed by atoms with Crippen molar-refractivity contribution < 1.29 is 5.11 Å². The van der Waals surface area contributed by atoms with Gasteiger partial charge in [0.1, 0.15) is 0 Å². The lowest BCUT2D eigenvalue weighted by Gasteiger charge is -2.07. The number of aliphatic hydroxyl groups is 1. The van der Waals surface area contributed by atoms with Gasteiger partial charge in [-0.1, -0.05) is 12.1 Å². The van der Waals surface area contributed by atoms with Gasteiger partial charge in [-0.05, 0) is 24.0 Å². The smallest absolute Gasteiger partial charge is 0.0912 e. The summed E-state index contributed by atoms with van der Waals surface area (Å²) in [6.07, 6.45) is 1.50. The van der Waals surface area contributed by atoms with Crippen LogP contribution in [0.2, 0.25) is 0 Å². The lowest BCUT2D eigenvalue weighted by molar-refractivity contribution is 0.186. The van der Waals surface area contributed by atoms with E-state index in [2.05, 4.69) is 0 Å². The molecule has 1 aromatic rings. The second-order valence-corrected chi connectivity index (χ2v) is 3.40. The van der Waals surface area contributed by atoms with Crippen molar-refractivity contribution in [2.75, 3.05) is 12.8 Å². The second kappa shape index (κ2) is 4.50. The maximum absolute atomic E-state index is 9.36. The summed E-state index contributed by atoms with van der Waals surface area (Å²) in [4.78, 5) is 1.20. The van der Waals surface area contributed by atoms with E-state index in [9.17, 15) is 5.11 Å². The Hall–Kier alpha value is -0.510. The molecule has 1 rings (SSSR count). The number of nitrogens with two attached hydrogens (primary N) is 1. The first kappa shape index (κ1) is 9.58. The molecule has 0 saturated carbocycles. The lowest BCUT2D eigenvalue weighted by Crippen LogP contribution is -2.11. The van der Waals surface area contributed by atoms with E-state index in [-0.39, 0.29) is 6.54 Å². The Kier molecular flexibility index (Phi) is 3.59. The maximum atomic E-state index is 9.36. The van der Waals surface area contributed by atoms with E-state index in [1.165, 1.54) is 4.90 Å². The predicted octanol–water partition coefficient (Wildman–Crippen LogP) is 1.40. The fraction of sp³-hybridized carbons (Fsp3) is 0.333. The molecule has 0 unspecified atom stereocenters. The highest BCUT2D eigenvalue weighted by Gasteiger charge is 2.03. The zero-order valence-corrected chi connectivity index (χ0v) is 7.84. The van der Waals surface area contributed by atoms with Crippen LogP contribution in [-0.2, 0) is 0 Å². The molecule has 1 aromatic carbocycles. The van der Waals surface area contributed by atoms with E-state index in [0.29, 0.717) is 0 Å². The first-order valence-corrected chi connectivity index (χ1v) is 5.02. The summed E-state index contributed by atoms with van der Waals surface area (Å²) in [5.41, 5.74) is 6.20. The molecule has 0 saturated heterocycles. The molecule has 0 heterocycles. The minimum Gasteiger partial charge on any atom is -0.387 e. The molecule has 0 radical (unpaired) electrons. The van der Waals surface area contributed by atoms with Gasteiger partial charge in [0.05, 0.1) is 6.10 Å². The quantitative estimate of drug-likeness (QED) is 0.696. The van der Waals surface area contributed by atoms with E-state index in [1.807, 2.05) is 30.5 Å². The standard InChI is InChI=1S/C9H13NOS/c1-12-8-4-2-7(3-5-8)9(11)6-10/h2-5,9,11H,6,10H2,1H3/t9-/m0/s1. The zero-order valence-electron chi connectivity index (χ0n) is 7.03. The summed E-state index contributed by atoms with van der Waals surface area (Å²) in [6.45, 7) is 0.276. The largest absolute Gasteiger partial charge is 0.387 e. The van der Waals surface area contributed by atoms with Gasteiger partial charge in [0.25, 0.3) is 0 Å². The molecule has 0 aromatic heterocycles. The molecular weight excluding hydrogens is 170 g/mol. The molecule has 0 spiro atoms. The summed E-state index contributed by atoms with van der Waals surface area (Å²) in [6, 6.07) is 7.78. The molecule has 3 heteroatoms. The Bertz CT molecular complexity index is 235. The van der Waals surface area contributed by atoms with E-state index < -0.39 is 6.10 Å². The van der Waals surface area contributed by atoms with Crippen molar-refractivity contribution in [1.29, 1.82) is 0 Å². The molecule has 0 aliphatic heterocycles. The van der Waals surface area contributed by atoms with Crippen molar-refractivity contribution in [3.05, 3.63) is 29.8 Å². The summed E-state index contributed by atoms with van der Waals surface area (Å²) >= 11 is 1.68. The number of hydrogen-bond donors (Lipinski definition) is 2. The van der Waals surface area contributed by atoms with Crippen molar-refractivity contribution in [3.63, 3.8) is 0 Å². The van der Waals surface area contributed by atoms with Crippen LogP contribution in [0.5, 0.6) is 0 Å². The average molecular weight is 183 g/mol. The number of thioether (sulfide) groups is 1. The van der Waals surface area contributed by atoms with Gasteiger partial charge in [0.15, 0.2) is 0 Å². The third kappa shape index (κ3) is 2.24. The Labute approximate surface area is 76.8 Å². The van der Waals surface area contributed by atoms with Crippen LogP contribution in [0.4, 0.5) is 0 Å². The average Bonchev–Trinajstić information content (AvgIpc) is 2.17. The molecule has 2 nitrogen and oxygen atoms in total. The van der Waals surface area contributed by atoms with Crippen molar-refractivity contribution in [3.8, 4) is 0 Å². The third-order valence-electron chi connectivity index (χ3n) is 1.72. The summed E-state index contributed by atoms with van der Waals surface area (Å²) in [5, 5.41) is 9.36. The van der Waals surface area contributed by atoms with Gasteiger partial charge in [-0.25, -0.2) is 0 Å². The van der Waals surface area contributed by atoms with Crippen LogP contribution < -0.4 is 5.73 Å². The summed E-state index contributed by atoms with van der Waals surface area (Å²) in [5.74, 6) is 0. The van der Waals surface area contributed by atoms with Gasteiger partial charge < -0.3 is 10.8 Å². The summed E-state index contributed by atoms with van der Waals surface area (Å²) in [7, 11) is 0. The van der Waals surface area contributed by atoms with Gasteiger partial charge >= 0.3 is 0 Å². The fourth-order valence-electron chi connectivity index (χ4n) is 0.962. The van der Waals surface area contributed by atoms with Gasteiger partial charge in [0, 0.05) is 11.4 Å². The van der Waals surface area contributed by atoms with Crippen LogP contribution in [-0.4, -0.2) is 17.9 Å². The lowest BCUT2D eigenvalue weighted by atomic mass is 10.1. The number of rotatable bonds is 3. The SMILES string of the molecule is CSc1ccc([C@@H](O)CN)cc1. The fourth-order valence-corrected chi connectivity index (χ4v) is 1.37. The minimum absolute atomic E-state index is 0.276. The van der Waals surface area contributed by atoms with E-state index in [4.69, 9.17) is 5.73 Å². The Morgan fingerprint density at radius 1 is 1.42 bits per heavy atom. The molecule has 12 heavy (non-hydrogen) atoms. The highest BCUT2D eigenvalue weighted by molar-refractivity contribution is 7.98. The van der Waals surface area contributed by atoms with Crippen LogP contribution in [0.15, 0.2) is 29.2 Å². The third-order valence-corrected chi connectivity index (χ3v) is 2.47. The monoisotopic (exact) mass is 183 g/mol. The highest BCUT2D eigenvalue weighted by Crippen LogP contribution is 2.18. The van der Waals surface area contributed by atoms with Crippen LogP contribution >= 0.6 is 11.8 Å². The van der Waals surface area contributed by atoms with Crippen LogP contribution in [0.1, 0.15) is 11.7 Å². The van der Waals surface area contributed by atoms with Crippen LogP contribution in [0.25, 0.3) is 0 Å². The molecule has 0 aliphatic carbocycles. The number of benzene rings is 1. The van der Waals surface area contributed by atoms with E-state index in [0.717, 1.165) is 5.56 Å². The number of hydrogen-bond acceptors (Lipinski definition) is 3. The topological polar surface area (TPSA) is 46.2 Å². The predicted molar refractivity (Wildman–Crippen MR) is 52.2 cm³/mol. The molecule has 1 atom stereocenters. The Morgan fingerprint density at radius 2 is 2.00 bits per heavy atom. The maximum Gasteiger partial charge on any atom is 0.0912 e. The minimum atomic E-state index is -0.527. The van der Waals surface area contributed by atoms with E-state index in [1.54, 1.807) is 11.8 Å². The highest BCUT2D eigenvalue weighted by atomic mass is 32.2. The molecule has 0 fully saturated rings. The van der Waals surface area contributed by atoms with Gasteiger partial charge in [-0.15, -0.1) is 11.8 Å². The summed E-state index contributed by atoms with van der Waals surface area (Å²) < 4.78 is 0. The molecule has 0 amide bonds. The van der Waals surface area contributed by atoms with Gasteiger partial charge in [0.2, 0.25) is 0 Å². The van der Waals surface area contributed by atoms with Crippen molar-refractivity contribution in [1.82, 2.24) is 0 Å². The molecule has 66 valence electrons. The number of aliphatic hydroxyl groups excluding tert-OH is 1. The molecule has 0 aliphatic rings. The molecular formula is C9H13NOS. The molecule has 3 N–H and O–H groups in total. The first-order valence-electron chi connectivity index (χ1n) is 3.80. The van der Waals surface area contributed by atoms with Crippen molar-refractivity contribution >= 4 is 11.8 Å². The van der Waals surface area contributed by atoms with Crippen LogP contribution in [0, 0.1) is 0 Å². The Balaban J connectivity index is 2.77. The zero-order chi connectivity index (χ0) is 8.97. The van der Waals surface area contributed by atoms with Crippen LogP contribution in [0.3, 0.4) is 0 Å². The van der Waals surface area contributed by atoms with Gasteiger partial charge in [-0.3, -0.25) is 0 Å². The first-order chi connectivity index (χ1) is 5.77.